The molecule has 56 heavy (non-hydrogen) atoms. The minimum Gasteiger partial charge on any atom is -0.458 e. The van der Waals surface area contributed by atoms with Gasteiger partial charge in [-0.1, -0.05) is 123 Å². The third kappa shape index (κ3) is 3.79. The van der Waals surface area contributed by atoms with Gasteiger partial charge in [0.25, 0.3) is 6.71 Å². The van der Waals surface area contributed by atoms with Crippen LogP contribution >= 0.6 is 0 Å². The molecule has 2 aliphatic heterocycles. The van der Waals surface area contributed by atoms with Gasteiger partial charge in [0, 0.05) is 50.5 Å². The second-order valence-corrected chi connectivity index (χ2v) is 16.0. The lowest BCUT2D eigenvalue weighted by atomic mass is 9.34. The zero-order chi connectivity index (χ0) is 36.9. The number of para-hydroxylation sites is 4. The Bertz CT molecular complexity index is 3340. The van der Waals surface area contributed by atoms with Crippen molar-refractivity contribution in [3.05, 3.63) is 175 Å². The second-order valence-electron chi connectivity index (χ2n) is 16.0. The molecule has 2 aromatic heterocycles. The van der Waals surface area contributed by atoms with Crippen molar-refractivity contribution >= 4 is 66.7 Å². The third-order valence-corrected chi connectivity index (χ3v) is 12.8. The van der Waals surface area contributed by atoms with Crippen LogP contribution in [-0.4, -0.2) is 15.8 Å². The van der Waals surface area contributed by atoms with E-state index in [4.69, 9.17) is 9.47 Å². The van der Waals surface area contributed by atoms with Gasteiger partial charge in [-0.2, -0.15) is 0 Å². The molecule has 10 aromatic rings. The molecular weight excluding hydrogens is 683 g/mol. The monoisotopic (exact) mass is 716 g/mol. The van der Waals surface area contributed by atoms with Crippen LogP contribution in [-0.2, 0) is 5.41 Å². The molecule has 13 rings (SSSR count). The fourth-order valence-corrected chi connectivity index (χ4v) is 10.3. The summed E-state index contributed by atoms with van der Waals surface area (Å²) in [5, 5.41) is 4.70. The summed E-state index contributed by atoms with van der Waals surface area (Å²) in [5.41, 5.74) is 15.2. The van der Waals surface area contributed by atoms with E-state index >= 15 is 0 Å². The van der Waals surface area contributed by atoms with E-state index in [1.165, 1.54) is 44.0 Å². The number of fused-ring (bicyclic) bond motifs is 14. The van der Waals surface area contributed by atoms with Gasteiger partial charge < -0.3 is 18.6 Å². The van der Waals surface area contributed by atoms with Crippen LogP contribution in [0.2, 0.25) is 0 Å². The molecule has 0 unspecified atom stereocenters. The van der Waals surface area contributed by atoms with Gasteiger partial charge in [0.15, 0.2) is 0 Å². The molecule has 0 fully saturated rings. The molecule has 0 atom stereocenters. The largest absolute Gasteiger partial charge is 0.458 e. The number of nitrogens with zero attached hydrogens (tertiary/aromatic N) is 2. The van der Waals surface area contributed by atoms with Gasteiger partial charge in [-0.3, -0.25) is 0 Å². The van der Waals surface area contributed by atoms with Crippen molar-refractivity contribution in [1.82, 2.24) is 9.13 Å². The molecule has 8 aromatic carbocycles. The van der Waals surface area contributed by atoms with E-state index in [1.54, 1.807) is 0 Å². The lowest BCUT2D eigenvalue weighted by Crippen LogP contribution is -2.57. The van der Waals surface area contributed by atoms with Crippen molar-refractivity contribution in [1.29, 1.82) is 0 Å². The van der Waals surface area contributed by atoms with E-state index in [2.05, 4.69) is 187 Å². The molecule has 0 bridgehead atoms. The number of aromatic nitrogens is 2. The third-order valence-electron chi connectivity index (χ3n) is 12.8. The second kappa shape index (κ2) is 10.6. The van der Waals surface area contributed by atoms with Crippen LogP contribution in [0.5, 0.6) is 23.0 Å². The van der Waals surface area contributed by atoms with Gasteiger partial charge in [0.05, 0.1) is 27.5 Å². The van der Waals surface area contributed by atoms with Crippen molar-refractivity contribution in [3.8, 4) is 45.5 Å². The standard InChI is InChI=1S/C51H33BN2O2/c1-51(2)37-22-12-9-19-32(37)35-25-39-45(27-38(35)51)56-50-48-34-21-11-14-24-42(34)54(31-17-7-4-8-18-31)44(48)29-47-49(50)52(39)40-26-36-33-20-10-13-23-41(33)53(30-15-5-3-6-16-30)43(36)28-46(40)55-47/h3-29H,1-2H3. The summed E-state index contributed by atoms with van der Waals surface area (Å²) in [6.45, 7) is 4.57. The SMILES string of the molecule is CC1(C)c2ccccc2-c2cc3c(cc21)Oc1c2c(cc4c1c1ccccc1n4-c1ccccc1)Oc1cc4c(cc1B32)c1ccccc1n4-c1ccccc1. The van der Waals surface area contributed by atoms with Crippen molar-refractivity contribution in [2.24, 2.45) is 0 Å². The van der Waals surface area contributed by atoms with E-state index in [0.29, 0.717) is 0 Å². The van der Waals surface area contributed by atoms with E-state index in [1.807, 2.05) is 0 Å². The van der Waals surface area contributed by atoms with Gasteiger partial charge in [0.2, 0.25) is 0 Å². The Morgan fingerprint density at radius 3 is 1.80 bits per heavy atom. The Balaban J connectivity index is 1.16. The molecule has 0 saturated heterocycles. The van der Waals surface area contributed by atoms with Gasteiger partial charge in [-0.05, 0) is 75.6 Å². The number of benzene rings is 8. The van der Waals surface area contributed by atoms with E-state index in [9.17, 15) is 0 Å². The van der Waals surface area contributed by atoms with E-state index in [0.717, 1.165) is 72.6 Å². The van der Waals surface area contributed by atoms with Crippen molar-refractivity contribution in [2.45, 2.75) is 19.3 Å². The van der Waals surface area contributed by atoms with Crippen LogP contribution < -0.4 is 25.9 Å². The Morgan fingerprint density at radius 1 is 0.446 bits per heavy atom. The van der Waals surface area contributed by atoms with Gasteiger partial charge in [-0.25, -0.2) is 0 Å². The highest BCUT2D eigenvalue weighted by Gasteiger charge is 2.45. The Labute approximate surface area is 323 Å². The maximum absolute atomic E-state index is 7.35. The molecule has 0 N–H and O–H groups in total. The smallest absolute Gasteiger partial charge is 0.260 e. The van der Waals surface area contributed by atoms with Gasteiger partial charge >= 0.3 is 0 Å². The Kier molecular flexibility index (Phi) is 5.76. The van der Waals surface area contributed by atoms with Crippen LogP contribution in [0.1, 0.15) is 25.0 Å². The van der Waals surface area contributed by atoms with Gasteiger partial charge in [0.1, 0.15) is 23.0 Å². The predicted molar refractivity (Wildman–Crippen MR) is 230 cm³/mol. The molecular formula is C51H33BN2O2. The summed E-state index contributed by atoms with van der Waals surface area (Å²) >= 11 is 0. The van der Waals surface area contributed by atoms with Gasteiger partial charge in [-0.15, -0.1) is 0 Å². The average molecular weight is 717 g/mol. The van der Waals surface area contributed by atoms with Crippen LogP contribution in [0, 0.1) is 0 Å². The fraction of sp³-hybridized carbons (Fsp3) is 0.0588. The molecule has 3 aliphatic rings. The predicted octanol–water partition coefficient (Wildman–Crippen LogP) is 10.9. The van der Waals surface area contributed by atoms with Crippen LogP contribution in [0.25, 0.3) is 66.1 Å². The molecule has 0 amide bonds. The molecule has 0 radical (unpaired) electrons. The minimum atomic E-state index is -0.163. The molecule has 262 valence electrons. The zero-order valence-electron chi connectivity index (χ0n) is 30.9. The number of ether oxygens (including phenoxy) is 2. The summed E-state index contributed by atoms with van der Waals surface area (Å²) in [6.07, 6.45) is 0. The molecule has 4 nitrogen and oxygen atoms in total. The highest BCUT2D eigenvalue weighted by Crippen LogP contribution is 2.52. The fourth-order valence-electron chi connectivity index (χ4n) is 10.3. The molecule has 0 spiro atoms. The first kappa shape index (κ1) is 30.4. The van der Waals surface area contributed by atoms with E-state index < -0.39 is 0 Å². The molecule has 4 heterocycles. The lowest BCUT2D eigenvalue weighted by Gasteiger charge is -2.34. The quantitative estimate of drug-likeness (QED) is 0.167. The first-order chi connectivity index (χ1) is 27.5. The summed E-state index contributed by atoms with van der Waals surface area (Å²) in [4.78, 5) is 0. The summed E-state index contributed by atoms with van der Waals surface area (Å²) in [7, 11) is 0. The van der Waals surface area contributed by atoms with Crippen LogP contribution in [0.3, 0.4) is 0 Å². The highest BCUT2D eigenvalue weighted by atomic mass is 16.5. The first-order valence-electron chi connectivity index (χ1n) is 19.5. The Morgan fingerprint density at radius 2 is 1.04 bits per heavy atom. The minimum absolute atomic E-state index is 0.111. The normalized spacial score (nSPS) is 14.3. The zero-order valence-corrected chi connectivity index (χ0v) is 30.9. The van der Waals surface area contributed by atoms with E-state index in [-0.39, 0.29) is 12.1 Å². The maximum Gasteiger partial charge on any atom is 0.260 e. The lowest BCUT2D eigenvalue weighted by molar-refractivity contribution is 0.468. The van der Waals surface area contributed by atoms with Crippen molar-refractivity contribution < 1.29 is 9.47 Å². The number of rotatable bonds is 2. The molecule has 5 heteroatoms. The van der Waals surface area contributed by atoms with Crippen LogP contribution in [0.15, 0.2) is 164 Å². The molecule has 0 saturated carbocycles. The van der Waals surface area contributed by atoms with Crippen molar-refractivity contribution in [2.75, 3.05) is 0 Å². The Hall–Kier alpha value is -6.98. The maximum atomic E-state index is 7.35. The number of hydrogen-bond acceptors (Lipinski definition) is 2. The summed E-state index contributed by atoms with van der Waals surface area (Å²) in [5.74, 6) is 3.50. The topological polar surface area (TPSA) is 28.3 Å². The average Bonchev–Trinajstić information content (AvgIpc) is 3.82. The highest BCUT2D eigenvalue weighted by molar-refractivity contribution is 6.98. The first-order valence-corrected chi connectivity index (χ1v) is 19.5. The van der Waals surface area contributed by atoms with Crippen LogP contribution in [0.4, 0.5) is 0 Å². The molecule has 1 aliphatic carbocycles. The summed E-state index contributed by atoms with van der Waals surface area (Å²) < 4.78 is 19.3. The number of hydrogen-bond donors (Lipinski definition) is 0. The summed E-state index contributed by atoms with van der Waals surface area (Å²) in [6, 6.07) is 59.3. The van der Waals surface area contributed by atoms with Crippen molar-refractivity contribution in [3.63, 3.8) is 0 Å².